The third kappa shape index (κ3) is 6.24. The third-order valence-corrected chi connectivity index (χ3v) is 9.57. The number of imide groups is 2. The second-order valence-electron chi connectivity index (χ2n) is 12.2. The van der Waals surface area contributed by atoms with Gasteiger partial charge in [0, 0.05) is 42.5 Å². The number of fused-ring (bicyclic) bond motifs is 2. The van der Waals surface area contributed by atoms with Gasteiger partial charge in [0.15, 0.2) is 0 Å². The van der Waals surface area contributed by atoms with Crippen molar-refractivity contribution in [2.24, 2.45) is 0 Å². The number of aromatic nitrogens is 1. The van der Waals surface area contributed by atoms with E-state index >= 15 is 4.39 Å². The predicted octanol–water partition coefficient (Wildman–Crippen LogP) is 5.07. The van der Waals surface area contributed by atoms with Crippen molar-refractivity contribution < 1.29 is 33.1 Å². The summed E-state index contributed by atoms with van der Waals surface area (Å²) < 4.78 is 21.8. The first-order valence-electron chi connectivity index (χ1n) is 16.2. The van der Waals surface area contributed by atoms with Crippen LogP contribution in [0.3, 0.4) is 0 Å². The minimum Gasteiger partial charge on any atom is -0.494 e. The zero-order valence-corrected chi connectivity index (χ0v) is 28.5. The van der Waals surface area contributed by atoms with Gasteiger partial charge in [-0.2, -0.15) is 0 Å². The molecule has 0 aliphatic carbocycles. The number of hydrogen-bond acceptors (Lipinski definition) is 8. The van der Waals surface area contributed by atoms with Crippen LogP contribution in [0.1, 0.15) is 62.1 Å². The number of nitrogens with zero attached hydrogens (tertiary/aromatic N) is 4. The van der Waals surface area contributed by atoms with Crippen LogP contribution in [0.4, 0.5) is 10.1 Å². The van der Waals surface area contributed by atoms with Gasteiger partial charge in [0.1, 0.15) is 17.6 Å². The second-order valence-corrected chi connectivity index (χ2v) is 13.1. The van der Waals surface area contributed by atoms with E-state index in [1.54, 1.807) is 15.9 Å². The maximum atomic E-state index is 15.5. The van der Waals surface area contributed by atoms with Crippen LogP contribution in [0.15, 0.2) is 65.1 Å². The molecule has 254 valence electrons. The fourth-order valence-electron chi connectivity index (χ4n) is 6.55. The number of ether oxygens (including phenoxy) is 1. The van der Waals surface area contributed by atoms with E-state index in [-0.39, 0.29) is 61.7 Å². The Hall–Kier alpha value is -5.43. The van der Waals surface area contributed by atoms with Gasteiger partial charge in [-0.25, -0.2) is 9.37 Å². The second kappa shape index (κ2) is 13.5. The Morgan fingerprint density at radius 3 is 2.38 bits per heavy atom. The summed E-state index contributed by atoms with van der Waals surface area (Å²) in [5.41, 5.74) is 2.70. The lowest BCUT2D eigenvalue weighted by Crippen LogP contribution is -2.54. The number of carbonyl (C=O) groups is 5. The van der Waals surface area contributed by atoms with Crippen molar-refractivity contribution in [3.63, 3.8) is 0 Å². The lowest BCUT2D eigenvalue weighted by molar-refractivity contribution is -0.136. The first kappa shape index (κ1) is 33.1. The van der Waals surface area contributed by atoms with Gasteiger partial charge in [-0.15, -0.1) is 0 Å². The average molecular weight is 741 g/mol. The van der Waals surface area contributed by atoms with Crippen LogP contribution in [0.5, 0.6) is 5.75 Å². The number of nitrogens with one attached hydrogen (secondary N) is 1. The summed E-state index contributed by atoms with van der Waals surface area (Å²) in [7, 11) is 0. The Morgan fingerprint density at radius 2 is 1.68 bits per heavy atom. The van der Waals surface area contributed by atoms with E-state index in [1.807, 2.05) is 61.5 Å². The molecule has 2 saturated heterocycles. The molecule has 0 saturated carbocycles. The number of piperidine rings is 1. The molecule has 4 aromatic rings. The quantitative estimate of drug-likeness (QED) is 0.260. The molecular formula is C37H31BrFN5O6. The van der Waals surface area contributed by atoms with Gasteiger partial charge in [0.05, 0.1) is 40.2 Å². The minimum atomic E-state index is -1.14. The molecule has 7 rings (SSSR count). The monoisotopic (exact) mass is 739 g/mol. The van der Waals surface area contributed by atoms with Crippen LogP contribution in [-0.2, 0) is 9.59 Å². The van der Waals surface area contributed by atoms with E-state index in [0.29, 0.717) is 28.8 Å². The molecule has 5 amide bonds. The Morgan fingerprint density at radius 1 is 0.960 bits per heavy atom. The normalized spacial score (nSPS) is 17.9. The highest BCUT2D eigenvalue weighted by Gasteiger charge is 2.45. The molecule has 11 nitrogen and oxygen atoms in total. The van der Waals surface area contributed by atoms with Gasteiger partial charge in [0.25, 0.3) is 17.7 Å². The molecular weight excluding hydrogens is 709 g/mol. The number of halogens is 2. The van der Waals surface area contributed by atoms with Gasteiger partial charge in [-0.3, -0.25) is 34.2 Å². The molecule has 1 N–H and O–H groups in total. The molecule has 3 aliphatic rings. The van der Waals surface area contributed by atoms with E-state index in [0.717, 1.165) is 26.8 Å². The third-order valence-electron chi connectivity index (χ3n) is 9.07. The highest BCUT2D eigenvalue weighted by atomic mass is 79.9. The van der Waals surface area contributed by atoms with Gasteiger partial charge in [-0.1, -0.05) is 34.1 Å². The molecule has 1 atom stereocenters. The number of pyridine rings is 1. The summed E-state index contributed by atoms with van der Waals surface area (Å²) in [5.74, 6) is -2.79. The SMILES string of the molecule is CCOc1ccc(/C=C/c2cc(C(=O)N3CCN(c4cc5c(cc4F)C(=O)N(C4CCC(=O)NC4=O)C5=O)CC3)c3cc(Br)ccc3n2)cc1. The maximum Gasteiger partial charge on any atom is 0.262 e. The van der Waals surface area contributed by atoms with E-state index in [1.165, 1.54) is 6.07 Å². The summed E-state index contributed by atoms with van der Waals surface area (Å²) in [4.78, 5) is 73.5. The number of carbonyl (C=O) groups excluding carboxylic acids is 5. The standard InChI is InChI=1S/C37H31BrFN5O6/c1-2-50-24-8-4-21(5-9-24)3-7-23-18-26(25-17-22(38)6-10-30(25)40-23)35(47)43-15-13-42(14-16-43)32-20-28-27(19-29(32)39)36(48)44(37(28)49)31-11-12-33(45)41-34(31)46/h3-10,17-20,31H,2,11-16H2,1H3,(H,41,45,46)/b7-3+. The molecule has 0 bridgehead atoms. The minimum absolute atomic E-state index is 0.00532. The molecule has 3 aromatic carbocycles. The van der Waals surface area contributed by atoms with E-state index in [2.05, 4.69) is 21.2 Å². The number of amides is 5. The number of benzene rings is 3. The van der Waals surface area contributed by atoms with Crippen LogP contribution < -0.4 is 15.0 Å². The van der Waals surface area contributed by atoms with Crippen LogP contribution in [0.2, 0.25) is 0 Å². The highest BCUT2D eigenvalue weighted by molar-refractivity contribution is 9.10. The van der Waals surface area contributed by atoms with Crippen molar-refractivity contribution in [2.45, 2.75) is 25.8 Å². The van der Waals surface area contributed by atoms with Crippen LogP contribution in [0.25, 0.3) is 23.1 Å². The summed E-state index contributed by atoms with van der Waals surface area (Å²) in [6, 6.07) is 16.2. The molecule has 4 heterocycles. The number of anilines is 1. The Labute approximate surface area is 294 Å². The lowest BCUT2D eigenvalue weighted by Gasteiger charge is -2.36. The van der Waals surface area contributed by atoms with Crippen molar-refractivity contribution in [3.05, 3.63) is 98.9 Å². The zero-order chi connectivity index (χ0) is 35.1. The maximum absolute atomic E-state index is 15.5. The smallest absolute Gasteiger partial charge is 0.262 e. The molecule has 1 unspecified atom stereocenters. The summed E-state index contributed by atoms with van der Waals surface area (Å²) >= 11 is 3.51. The van der Waals surface area contributed by atoms with Crippen molar-refractivity contribution in [1.29, 1.82) is 0 Å². The molecule has 0 radical (unpaired) electrons. The molecule has 2 fully saturated rings. The molecule has 1 aromatic heterocycles. The van der Waals surface area contributed by atoms with Crippen LogP contribution in [0, 0.1) is 5.82 Å². The summed E-state index contributed by atoms with van der Waals surface area (Å²) in [5, 5.41) is 2.85. The molecule has 3 aliphatic heterocycles. The average Bonchev–Trinajstić information content (AvgIpc) is 3.35. The van der Waals surface area contributed by atoms with E-state index in [4.69, 9.17) is 9.72 Å². The number of rotatable bonds is 7. The fraction of sp³-hybridized carbons (Fsp3) is 0.243. The first-order chi connectivity index (χ1) is 24.1. The lowest BCUT2D eigenvalue weighted by atomic mass is 10.0. The summed E-state index contributed by atoms with van der Waals surface area (Å²) in [6.45, 7) is 3.62. The Bertz CT molecular complexity index is 2110. The zero-order valence-electron chi connectivity index (χ0n) is 26.9. The van der Waals surface area contributed by atoms with Crippen molar-refractivity contribution in [1.82, 2.24) is 20.1 Å². The number of piperazine rings is 1. The largest absolute Gasteiger partial charge is 0.494 e. The van der Waals surface area contributed by atoms with Crippen molar-refractivity contribution in [3.8, 4) is 5.75 Å². The Balaban J connectivity index is 1.09. The predicted molar refractivity (Wildman–Crippen MR) is 187 cm³/mol. The number of hydrogen-bond donors (Lipinski definition) is 1. The summed E-state index contributed by atoms with van der Waals surface area (Å²) in [6.07, 6.45) is 3.77. The van der Waals surface area contributed by atoms with Gasteiger partial charge in [-0.05, 0) is 73.5 Å². The Kier molecular flexibility index (Phi) is 8.91. The van der Waals surface area contributed by atoms with E-state index < -0.39 is 35.5 Å². The van der Waals surface area contributed by atoms with Gasteiger partial charge < -0.3 is 14.5 Å². The topological polar surface area (TPSA) is 129 Å². The van der Waals surface area contributed by atoms with Crippen molar-refractivity contribution >= 4 is 74.2 Å². The van der Waals surface area contributed by atoms with Crippen LogP contribution in [-0.4, -0.2) is 83.1 Å². The van der Waals surface area contributed by atoms with E-state index in [9.17, 15) is 24.0 Å². The first-order valence-corrected chi connectivity index (χ1v) is 17.0. The molecule has 13 heteroatoms. The van der Waals surface area contributed by atoms with Crippen LogP contribution >= 0.6 is 15.9 Å². The van der Waals surface area contributed by atoms with Gasteiger partial charge in [0.2, 0.25) is 11.8 Å². The highest BCUT2D eigenvalue weighted by Crippen LogP contribution is 2.33. The van der Waals surface area contributed by atoms with Crippen molar-refractivity contribution in [2.75, 3.05) is 37.7 Å². The molecule has 0 spiro atoms. The van der Waals surface area contributed by atoms with Gasteiger partial charge >= 0.3 is 0 Å². The fourth-order valence-corrected chi connectivity index (χ4v) is 6.91. The molecule has 50 heavy (non-hydrogen) atoms.